The Morgan fingerprint density at radius 3 is 2.50 bits per heavy atom. The molecule has 0 saturated carbocycles. The molecular weight excluding hydrogens is 447 g/mol. The summed E-state index contributed by atoms with van der Waals surface area (Å²) >= 11 is 12.5. The fraction of sp³-hybridized carbons (Fsp3) is 0.292. The first-order valence-electron chi connectivity index (χ1n) is 10.5. The summed E-state index contributed by atoms with van der Waals surface area (Å²) in [6.45, 7) is 6.27. The second kappa shape index (κ2) is 9.35. The fourth-order valence-electron chi connectivity index (χ4n) is 3.88. The number of halogens is 2. The molecule has 0 bridgehead atoms. The van der Waals surface area contributed by atoms with Gasteiger partial charge in [0.05, 0.1) is 21.4 Å². The van der Waals surface area contributed by atoms with E-state index >= 15 is 0 Å². The van der Waals surface area contributed by atoms with Crippen molar-refractivity contribution in [1.29, 1.82) is 0 Å². The summed E-state index contributed by atoms with van der Waals surface area (Å²) in [5.74, 6) is -0.130. The van der Waals surface area contributed by atoms with Crippen LogP contribution in [0.25, 0.3) is 11.3 Å². The van der Waals surface area contributed by atoms with Crippen LogP contribution in [0.5, 0.6) is 0 Å². The Hall–Kier alpha value is -2.83. The molecular formula is C24H24Cl2N4O2. The zero-order valence-electron chi connectivity index (χ0n) is 18.0. The van der Waals surface area contributed by atoms with E-state index in [1.54, 1.807) is 17.0 Å². The molecule has 1 aromatic heterocycles. The molecule has 2 heterocycles. The predicted octanol–water partition coefficient (Wildman–Crippen LogP) is 4.18. The molecule has 3 aromatic rings. The number of amides is 1. The number of hydrogen-bond donors (Lipinski definition) is 0. The smallest absolute Gasteiger partial charge is 0.267 e. The second-order valence-corrected chi connectivity index (χ2v) is 8.76. The Bertz CT molecular complexity index is 1220. The zero-order chi connectivity index (χ0) is 22.8. The number of piperazine rings is 1. The lowest BCUT2D eigenvalue weighted by Gasteiger charge is -2.36. The van der Waals surface area contributed by atoms with Crippen LogP contribution in [0.2, 0.25) is 10.0 Å². The van der Waals surface area contributed by atoms with Gasteiger partial charge in [0.15, 0.2) is 0 Å². The summed E-state index contributed by atoms with van der Waals surface area (Å²) in [6.07, 6.45) is 0. The largest absolute Gasteiger partial charge is 0.367 e. The number of carbonyl (C=O) groups excluding carboxylic acids is 1. The Balaban J connectivity index is 1.46. The molecule has 0 radical (unpaired) electrons. The number of carbonyl (C=O) groups is 1. The number of rotatable bonds is 4. The van der Waals surface area contributed by atoms with E-state index in [4.69, 9.17) is 23.2 Å². The van der Waals surface area contributed by atoms with Crippen LogP contribution in [-0.2, 0) is 11.3 Å². The van der Waals surface area contributed by atoms with E-state index in [1.807, 2.05) is 44.2 Å². The molecule has 8 heteroatoms. The first-order chi connectivity index (χ1) is 15.3. The summed E-state index contributed by atoms with van der Waals surface area (Å²) in [5.41, 5.74) is 4.38. The Morgan fingerprint density at radius 2 is 1.75 bits per heavy atom. The Morgan fingerprint density at radius 1 is 1.00 bits per heavy atom. The summed E-state index contributed by atoms with van der Waals surface area (Å²) < 4.78 is 1.25. The highest BCUT2D eigenvalue weighted by atomic mass is 35.5. The third-order valence-electron chi connectivity index (χ3n) is 5.72. The summed E-state index contributed by atoms with van der Waals surface area (Å²) in [4.78, 5) is 29.2. The fourth-order valence-corrected chi connectivity index (χ4v) is 4.29. The third kappa shape index (κ3) is 4.66. The third-order valence-corrected chi connectivity index (χ3v) is 6.53. The van der Waals surface area contributed by atoms with Gasteiger partial charge in [-0.15, -0.1) is 0 Å². The highest BCUT2D eigenvalue weighted by Crippen LogP contribution is 2.32. The Labute approximate surface area is 197 Å². The van der Waals surface area contributed by atoms with E-state index in [1.165, 1.54) is 10.7 Å². The lowest BCUT2D eigenvalue weighted by Crippen LogP contribution is -2.50. The maximum absolute atomic E-state index is 12.9. The van der Waals surface area contributed by atoms with Gasteiger partial charge in [-0.1, -0.05) is 47.0 Å². The van der Waals surface area contributed by atoms with Crippen molar-refractivity contribution in [3.8, 4) is 11.3 Å². The van der Waals surface area contributed by atoms with Crippen molar-refractivity contribution in [2.24, 2.45) is 0 Å². The molecule has 2 aromatic carbocycles. The SMILES string of the molecule is Cc1ccc(C)c(-c2ccc(=O)n(CC(=O)N3CCN(c4cccc(Cl)c4Cl)CC3)n2)c1. The monoisotopic (exact) mass is 470 g/mol. The van der Waals surface area contributed by atoms with Crippen molar-refractivity contribution in [3.63, 3.8) is 0 Å². The number of aromatic nitrogens is 2. The van der Waals surface area contributed by atoms with Crippen LogP contribution in [0.4, 0.5) is 5.69 Å². The van der Waals surface area contributed by atoms with Crippen molar-refractivity contribution in [2.45, 2.75) is 20.4 Å². The summed E-state index contributed by atoms with van der Waals surface area (Å²) in [6, 6.07) is 14.8. The number of anilines is 1. The standard InChI is InChI=1S/C24H24Cl2N4O2/c1-16-6-7-17(2)18(14-16)20-8-9-22(31)30(27-20)15-23(32)29-12-10-28(11-13-29)21-5-3-4-19(25)24(21)26/h3-9,14H,10-13,15H2,1-2H3. The van der Waals surface area contributed by atoms with Gasteiger partial charge in [0.2, 0.25) is 5.91 Å². The minimum absolute atomic E-state index is 0.0878. The topological polar surface area (TPSA) is 58.4 Å². The van der Waals surface area contributed by atoms with E-state index in [0.717, 1.165) is 22.4 Å². The van der Waals surface area contributed by atoms with Crippen molar-refractivity contribution >= 4 is 34.8 Å². The maximum atomic E-state index is 12.9. The van der Waals surface area contributed by atoms with E-state index in [2.05, 4.69) is 10.00 Å². The predicted molar refractivity (Wildman–Crippen MR) is 129 cm³/mol. The molecule has 6 nitrogen and oxygen atoms in total. The molecule has 1 saturated heterocycles. The molecule has 4 rings (SSSR count). The molecule has 166 valence electrons. The molecule has 1 aliphatic rings. The second-order valence-electron chi connectivity index (χ2n) is 7.97. The molecule has 1 fully saturated rings. The molecule has 0 spiro atoms. The highest BCUT2D eigenvalue weighted by Gasteiger charge is 2.23. The molecule has 0 aliphatic carbocycles. The molecule has 1 amide bonds. The minimum atomic E-state index is -0.295. The van der Waals surface area contributed by atoms with Crippen LogP contribution in [0.1, 0.15) is 11.1 Å². The number of nitrogens with zero attached hydrogens (tertiary/aromatic N) is 4. The Kier molecular flexibility index (Phi) is 6.53. The van der Waals surface area contributed by atoms with Crippen molar-refractivity contribution in [2.75, 3.05) is 31.1 Å². The van der Waals surface area contributed by atoms with Gasteiger partial charge < -0.3 is 9.80 Å². The van der Waals surface area contributed by atoms with E-state index in [-0.39, 0.29) is 18.0 Å². The number of aryl methyl sites for hydroxylation is 2. The van der Waals surface area contributed by atoms with Crippen LogP contribution in [0.15, 0.2) is 53.3 Å². The number of hydrogen-bond acceptors (Lipinski definition) is 4. The van der Waals surface area contributed by atoms with Gasteiger partial charge in [-0.2, -0.15) is 5.10 Å². The molecule has 32 heavy (non-hydrogen) atoms. The van der Waals surface area contributed by atoms with Crippen molar-refractivity contribution in [1.82, 2.24) is 14.7 Å². The van der Waals surface area contributed by atoms with Crippen LogP contribution >= 0.6 is 23.2 Å². The molecule has 0 N–H and O–H groups in total. The van der Waals surface area contributed by atoms with Gasteiger partial charge in [-0.25, -0.2) is 4.68 Å². The summed E-state index contributed by atoms with van der Waals surface area (Å²) in [7, 11) is 0. The van der Waals surface area contributed by atoms with Gasteiger partial charge in [0.1, 0.15) is 6.54 Å². The van der Waals surface area contributed by atoms with Crippen LogP contribution in [-0.4, -0.2) is 46.8 Å². The first kappa shape index (κ1) is 22.4. The minimum Gasteiger partial charge on any atom is -0.367 e. The lowest BCUT2D eigenvalue weighted by molar-refractivity contribution is -0.132. The van der Waals surface area contributed by atoms with Crippen LogP contribution in [0.3, 0.4) is 0 Å². The highest BCUT2D eigenvalue weighted by molar-refractivity contribution is 6.43. The average molecular weight is 471 g/mol. The van der Waals surface area contributed by atoms with E-state index in [0.29, 0.717) is 41.9 Å². The normalized spacial score (nSPS) is 14.0. The van der Waals surface area contributed by atoms with Crippen LogP contribution < -0.4 is 10.5 Å². The number of benzene rings is 2. The van der Waals surface area contributed by atoms with Crippen molar-refractivity contribution in [3.05, 3.63) is 80.1 Å². The van der Waals surface area contributed by atoms with E-state index in [9.17, 15) is 9.59 Å². The average Bonchev–Trinajstić information content (AvgIpc) is 2.79. The van der Waals surface area contributed by atoms with Gasteiger partial charge in [-0.3, -0.25) is 9.59 Å². The molecule has 0 unspecified atom stereocenters. The lowest BCUT2D eigenvalue weighted by atomic mass is 10.0. The van der Waals surface area contributed by atoms with Gasteiger partial charge >= 0.3 is 0 Å². The van der Waals surface area contributed by atoms with Gasteiger partial charge in [0.25, 0.3) is 5.56 Å². The first-order valence-corrected chi connectivity index (χ1v) is 11.2. The molecule has 0 atom stereocenters. The van der Waals surface area contributed by atoms with Gasteiger partial charge in [0, 0.05) is 37.8 Å². The quantitative estimate of drug-likeness (QED) is 0.573. The zero-order valence-corrected chi connectivity index (χ0v) is 19.5. The van der Waals surface area contributed by atoms with Crippen molar-refractivity contribution < 1.29 is 4.79 Å². The van der Waals surface area contributed by atoms with Gasteiger partial charge in [-0.05, 0) is 43.7 Å². The van der Waals surface area contributed by atoms with E-state index < -0.39 is 0 Å². The summed E-state index contributed by atoms with van der Waals surface area (Å²) in [5, 5.41) is 5.51. The van der Waals surface area contributed by atoms with Crippen LogP contribution in [0, 0.1) is 13.8 Å². The maximum Gasteiger partial charge on any atom is 0.267 e. The molecule has 1 aliphatic heterocycles.